The minimum Gasteiger partial charge on any atom is -0.489 e. The molecule has 0 saturated carbocycles. The highest BCUT2D eigenvalue weighted by molar-refractivity contribution is 6.30. The van der Waals surface area contributed by atoms with Crippen molar-refractivity contribution < 1.29 is 14.3 Å². The molecule has 0 aromatic heterocycles. The van der Waals surface area contributed by atoms with Gasteiger partial charge < -0.3 is 14.4 Å². The van der Waals surface area contributed by atoms with E-state index < -0.39 is 0 Å². The zero-order valence-corrected chi connectivity index (χ0v) is 17.9. The fraction of sp³-hybridized carbons (Fsp3) is 0.591. The molecule has 0 N–H and O–H groups in total. The summed E-state index contributed by atoms with van der Waals surface area (Å²) in [5.74, 6) is 0.911. The van der Waals surface area contributed by atoms with Crippen LogP contribution in [0, 0.1) is 0 Å². The molecule has 0 spiro atoms. The van der Waals surface area contributed by atoms with E-state index in [9.17, 15) is 4.79 Å². The Morgan fingerprint density at radius 3 is 2.86 bits per heavy atom. The van der Waals surface area contributed by atoms with Gasteiger partial charge in [-0.1, -0.05) is 11.6 Å². The molecule has 0 radical (unpaired) electrons. The predicted molar refractivity (Wildman–Crippen MR) is 115 cm³/mol. The van der Waals surface area contributed by atoms with Crippen molar-refractivity contribution in [1.29, 1.82) is 0 Å². The molecule has 3 heterocycles. The number of fused-ring (bicyclic) bond motifs is 1. The number of rotatable bonds is 4. The molecule has 2 saturated heterocycles. The monoisotopic (exact) mass is 419 g/mol. The molecule has 29 heavy (non-hydrogen) atoms. The van der Waals surface area contributed by atoms with Gasteiger partial charge in [0.25, 0.3) is 0 Å². The summed E-state index contributed by atoms with van der Waals surface area (Å²) in [6.45, 7) is 9.43. The average Bonchev–Trinajstić information content (AvgIpc) is 2.74. The van der Waals surface area contributed by atoms with Gasteiger partial charge >= 0.3 is 6.09 Å². The van der Waals surface area contributed by atoms with Crippen molar-refractivity contribution in [2.45, 2.75) is 25.8 Å². The van der Waals surface area contributed by atoms with Crippen molar-refractivity contribution in [3.8, 4) is 5.75 Å². The van der Waals surface area contributed by atoms with Crippen molar-refractivity contribution in [3.05, 3.63) is 34.4 Å². The van der Waals surface area contributed by atoms with E-state index in [2.05, 4.69) is 15.9 Å². The van der Waals surface area contributed by atoms with E-state index in [1.165, 1.54) is 18.4 Å². The maximum Gasteiger partial charge on any atom is 0.409 e. The molecule has 7 heteroatoms. The first-order chi connectivity index (χ1) is 14.1. The molecule has 4 rings (SSSR count). The maximum absolute atomic E-state index is 11.9. The van der Waals surface area contributed by atoms with E-state index in [0.717, 1.165) is 62.1 Å². The molecular formula is C22H30ClN3O3. The Balaban J connectivity index is 1.31. The van der Waals surface area contributed by atoms with Crippen molar-refractivity contribution in [1.82, 2.24) is 14.7 Å². The second-order valence-corrected chi connectivity index (χ2v) is 8.46. The molecule has 3 aliphatic heterocycles. The minimum absolute atomic E-state index is 0.179. The Kier molecular flexibility index (Phi) is 6.63. The Bertz CT molecular complexity index is 762. The zero-order valence-electron chi connectivity index (χ0n) is 17.1. The predicted octanol–water partition coefficient (Wildman–Crippen LogP) is 3.35. The van der Waals surface area contributed by atoms with Gasteiger partial charge in [-0.25, -0.2) is 4.79 Å². The van der Waals surface area contributed by atoms with E-state index in [1.54, 1.807) is 0 Å². The van der Waals surface area contributed by atoms with Crippen LogP contribution < -0.4 is 4.74 Å². The fourth-order valence-electron chi connectivity index (χ4n) is 4.53. The molecule has 1 unspecified atom stereocenters. The normalized spacial score (nSPS) is 23.2. The molecule has 1 aromatic rings. The second kappa shape index (κ2) is 9.37. The molecule has 3 aliphatic rings. The molecule has 0 aliphatic carbocycles. The van der Waals surface area contributed by atoms with Crippen LogP contribution in [0.3, 0.4) is 0 Å². The number of benzene rings is 1. The highest BCUT2D eigenvalue weighted by atomic mass is 35.5. The largest absolute Gasteiger partial charge is 0.489 e. The molecular weight excluding hydrogens is 390 g/mol. The number of halogens is 1. The van der Waals surface area contributed by atoms with Crippen molar-refractivity contribution in [3.63, 3.8) is 0 Å². The average molecular weight is 420 g/mol. The van der Waals surface area contributed by atoms with Gasteiger partial charge in [0.1, 0.15) is 12.4 Å². The molecule has 0 bridgehead atoms. The first-order valence-corrected chi connectivity index (χ1v) is 11.0. The molecule has 158 valence electrons. The third kappa shape index (κ3) is 5.05. The molecule has 1 atom stereocenters. The van der Waals surface area contributed by atoms with Crippen LogP contribution in [-0.2, 0) is 4.74 Å². The minimum atomic E-state index is -0.179. The number of hydrogen-bond acceptors (Lipinski definition) is 5. The maximum atomic E-state index is 11.9. The molecule has 1 aromatic carbocycles. The summed E-state index contributed by atoms with van der Waals surface area (Å²) in [5, 5.41) is 0.741. The van der Waals surface area contributed by atoms with Gasteiger partial charge in [-0.15, -0.1) is 0 Å². The fourth-order valence-corrected chi connectivity index (χ4v) is 4.71. The van der Waals surface area contributed by atoms with Gasteiger partial charge in [0.05, 0.1) is 6.61 Å². The summed E-state index contributed by atoms with van der Waals surface area (Å²) < 4.78 is 11.0. The lowest BCUT2D eigenvalue weighted by Crippen LogP contribution is -2.56. The smallest absolute Gasteiger partial charge is 0.409 e. The number of carbonyl (C=O) groups is 1. The third-order valence-corrected chi connectivity index (χ3v) is 6.24. The van der Waals surface area contributed by atoms with Gasteiger partial charge in [-0.05, 0) is 56.2 Å². The van der Waals surface area contributed by atoms with Crippen LogP contribution in [0.25, 0.3) is 6.08 Å². The van der Waals surface area contributed by atoms with Crippen LogP contribution >= 0.6 is 11.6 Å². The Hall–Kier alpha value is -1.76. The number of piperazine rings is 1. The number of nitrogens with zero attached hydrogens (tertiary/aromatic N) is 3. The Labute approximate surface area is 178 Å². The van der Waals surface area contributed by atoms with Crippen molar-refractivity contribution in [2.24, 2.45) is 0 Å². The first-order valence-electron chi connectivity index (χ1n) is 10.6. The van der Waals surface area contributed by atoms with Crippen LogP contribution in [0.5, 0.6) is 5.75 Å². The topological polar surface area (TPSA) is 45.2 Å². The van der Waals surface area contributed by atoms with E-state index >= 15 is 0 Å². The van der Waals surface area contributed by atoms with E-state index in [0.29, 0.717) is 19.3 Å². The van der Waals surface area contributed by atoms with Crippen LogP contribution in [0.1, 0.15) is 25.3 Å². The summed E-state index contributed by atoms with van der Waals surface area (Å²) >= 11 is 6.14. The van der Waals surface area contributed by atoms with Gasteiger partial charge in [0, 0.05) is 55.9 Å². The zero-order chi connectivity index (χ0) is 20.2. The van der Waals surface area contributed by atoms with E-state index in [-0.39, 0.29) is 6.09 Å². The second-order valence-electron chi connectivity index (χ2n) is 8.03. The van der Waals surface area contributed by atoms with Crippen LogP contribution in [0.15, 0.2) is 23.8 Å². The number of amides is 1. The van der Waals surface area contributed by atoms with Crippen LogP contribution in [0.2, 0.25) is 5.02 Å². The van der Waals surface area contributed by atoms with Gasteiger partial charge in [0.15, 0.2) is 0 Å². The standard InChI is InChI=1S/C22H30ClN3O3/c1-2-28-22(27)26-10-8-25(9-11-26)20-4-3-7-24(15-20)14-17-12-18-13-19(23)5-6-21(18)29-16-17/h5-6,12-13,20H,2-4,7-11,14-16H2,1H3. The van der Waals surface area contributed by atoms with Crippen LogP contribution in [-0.4, -0.2) is 85.9 Å². The number of likely N-dealkylation sites (tertiary alicyclic amines) is 1. The van der Waals surface area contributed by atoms with Crippen molar-refractivity contribution in [2.75, 3.05) is 59.0 Å². The van der Waals surface area contributed by atoms with E-state index in [4.69, 9.17) is 21.1 Å². The van der Waals surface area contributed by atoms with Crippen LogP contribution in [0.4, 0.5) is 4.79 Å². The summed E-state index contributed by atoms with van der Waals surface area (Å²) in [5.41, 5.74) is 2.37. The highest BCUT2D eigenvalue weighted by Crippen LogP contribution is 2.29. The quantitative estimate of drug-likeness (QED) is 0.748. The SMILES string of the molecule is CCOC(=O)N1CCN(C2CCCN(CC3=Cc4cc(Cl)ccc4OC3)C2)CC1. The number of carbonyl (C=O) groups excluding carboxylic acids is 1. The molecule has 6 nitrogen and oxygen atoms in total. The Morgan fingerprint density at radius 1 is 1.24 bits per heavy atom. The van der Waals surface area contributed by atoms with Gasteiger partial charge in [-0.3, -0.25) is 9.80 Å². The Morgan fingerprint density at radius 2 is 2.07 bits per heavy atom. The highest BCUT2D eigenvalue weighted by Gasteiger charge is 2.30. The first kappa shape index (κ1) is 20.5. The van der Waals surface area contributed by atoms with Crippen molar-refractivity contribution >= 4 is 23.8 Å². The lowest BCUT2D eigenvalue weighted by molar-refractivity contribution is 0.0442. The number of hydrogen-bond donors (Lipinski definition) is 0. The lowest BCUT2D eigenvalue weighted by Gasteiger charge is -2.43. The van der Waals surface area contributed by atoms with Gasteiger partial charge in [-0.2, -0.15) is 0 Å². The summed E-state index contributed by atoms with van der Waals surface area (Å²) in [6.07, 6.45) is 4.48. The molecule has 2 fully saturated rings. The number of ether oxygens (including phenoxy) is 2. The van der Waals surface area contributed by atoms with Gasteiger partial charge in [0.2, 0.25) is 0 Å². The molecule has 1 amide bonds. The lowest BCUT2D eigenvalue weighted by atomic mass is 10.0. The summed E-state index contributed by atoms with van der Waals surface area (Å²) in [4.78, 5) is 18.8. The third-order valence-electron chi connectivity index (χ3n) is 6.01. The van der Waals surface area contributed by atoms with E-state index in [1.807, 2.05) is 30.0 Å². The summed E-state index contributed by atoms with van der Waals surface area (Å²) in [7, 11) is 0. The summed E-state index contributed by atoms with van der Waals surface area (Å²) in [6, 6.07) is 6.34. The number of piperidine rings is 1.